The number of rotatable bonds is 7. The third-order valence-electron chi connectivity index (χ3n) is 2.36. The smallest absolute Gasteiger partial charge is 0.0584 e. The molecule has 0 aliphatic carbocycles. The molecule has 2 unspecified atom stereocenters. The molecular formula is C10H24N2O. The van der Waals surface area contributed by atoms with Gasteiger partial charge in [-0.1, -0.05) is 13.8 Å². The summed E-state index contributed by atoms with van der Waals surface area (Å²) in [7, 11) is 2.06. The summed E-state index contributed by atoms with van der Waals surface area (Å²) >= 11 is 0. The van der Waals surface area contributed by atoms with Crippen molar-refractivity contribution in [2.24, 2.45) is 5.92 Å². The van der Waals surface area contributed by atoms with E-state index in [0.29, 0.717) is 5.92 Å². The molecule has 0 aromatic rings. The lowest BCUT2D eigenvalue weighted by Crippen LogP contribution is -2.37. The van der Waals surface area contributed by atoms with Gasteiger partial charge in [0, 0.05) is 12.6 Å². The number of hydrogen-bond donors (Lipinski definition) is 2. The van der Waals surface area contributed by atoms with Crippen LogP contribution < -0.4 is 5.32 Å². The Morgan fingerprint density at radius 1 is 1.38 bits per heavy atom. The molecule has 0 amide bonds. The first-order chi connectivity index (χ1) is 6.11. The molecule has 0 fully saturated rings. The summed E-state index contributed by atoms with van der Waals surface area (Å²) < 4.78 is 0. The maximum absolute atomic E-state index is 8.94. The molecule has 0 aromatic carbocycles. The first-order valence-electron chi connectivity index (χ1n) is 5.13. The van der Waals surface area contributed by atoms with E-state index in [1.54, 1.807) is 0 Å². The zero-order valence-electron chi connectivity index (χ0n) is 9.38. The van der Waals surface area contributed by atoms with E-state index in [-0.39, 0.29) is 12.6 Å². The normalized spacial score (nSPS) is 16.2. The van der Waals surface area contributed by atoms with E-state index in [4.69, 9.17) is 5.11 Å². The van der Waals surface area contributed by atoms with Gasteiger partial charge in [0.2, 0.25) is 0 Å². The molecule has 2 N–H and O–H groups in total. The Labute approximate surface area is 82.1 Å². The topological polar surface area (TPSA) is 35.5 Å². The molecule has 0 radical (unpaired) electrons. The average Bonchev–Trinajstić information content (AvgIpc) is 2.13. The zero-order chi connectivity index (χ0) is 10.3. The second-order valence-corrected chi connectivity index (χ2v) is 3.88. The van der Waals surface area contributed by atoms with Crippen LogP contribution in [0.15, 0.2) is 0 Å². The summed E-state index contributed by atoms with van der Waals surface area (Å²) in [4.78, 5) is 2.20. The molecule has 0 rings (SSSR count). The van der Waals surface area contributed by atoms with Crippen molar-refractivity contribution in [2.45, 2.75) is 26.8 Å². The number of likely N-dealkylation sites (N-methyl/N-ethyl adjacent to an activating group) is 1. The maximum atomic E-state index is 8.94. The van der Waals surface area contributed by atoms with Crippen molar-refractivity contribution < 1.29 is 5.11 Å². The quantitative estimate of drug-likeness (QED) is 0.612. The molecule has 2 atom stereocenters. The van der Waals surface area contributed by atoms with Crippen molar-refractivity contribution in [3.05, 3.63) is 0 Å². The highest BCUT2D eigenvalue weighted by Gasteiger charge is 2.10. The molecule has 0 saturated carbocycles. The third-order valence-corrected chi connectivity index (χ3v) is 2.36. The molecule has 0 bridgehead atoms. The van der Waals surface area contributed by atoms with Gasteiger partial charge in [-0.25, -0.2) is 0 Å². The lowest BCUT2D eigenvalue weighted by molar-refractivity contribution is 0.145. The summed E-state index contributed by atoms with van der Waals surface area (Å²) in [5.41, 5.74) is 0. The van der Waals surface area contributed by atoms with Crippen LogP contribution in [0.3, 0.4) is 0 Å². The molecule has 0 aromatic heterocycles. The largest absolute Gasteiger partial charge is 0.395 e. The highest BCUT2D eigenvalue weighted by Crippen LogP contribution is 2.00. The van der Waals surface area contributed by atoms with E-state index in [0.717, 1.165) is 19.6 Å². The standard InChI is InChI=1S/C10H24N2O/c1-5-11-6-9(2)7-12(4)10(3)8-13/h9-11,13H,5-8H2,1-4H3. The van der Waals surface area contributed by atoms with Gasteiger partial charge in [0.15, 0.2) is 0 Å². The van der Waals surface area contributed by atoms with Crippen molar-refractivity contribution >= 4 is 0 Å². The van der Waals surface area contributed by atoms with Gasteiger partial charge in [0.05, 0.1) is 6.61 Å². The first-order valence-corrected chi connectivity index (χ1v) is 5.13. The van der Waals surface area contributed by atoms with Crippen LogP contribution in [-0.2, 0) is 0 Å². The summed E-state index contributed by atoms with van der Waals surface area (Å²) in [6, 6.07) is 0.268. The Morgan fingerprint density at radius 2 is 2.00 bits per heavy atom. The van der Waals surface area contributed by atoms with E-state index in [1.807, 2.05) is 6.92 Å². The van der Waals surface area contributed by atoms with Gasteiger partial charge in [-0.15, -0.1) is 0 Å². The van der Waals surface area contributed by atoms with Crippen molar-refractivity contribution in [1.29, 1.82) is 0 Å². The molecule has 0 aliphatic rings. The summed E-state index contributed by atoms with van der Waals surface area (Å²) in [6.07, 6.45) is 0. The number of aliphatic hydroxyl groups excluding tert-OH is 1. The summed E-state index contributed by atoms with van der Waals surface area (Å²) in [5.74, 6) is 0.638. The van der Waals surface area contributed by atoms with E-state index >= 15 is 0 Å². The zero-order valence-corrected chi connectivity index (χ0v) is 9.38. The highest BCUT2D eigenvalue weighted by molar-refractivity contribution is 4.66. The SMILES string of the molecule is CCNCC(C)CN(C)C(C)CO. The number of nitrogens with zero attached hydrogens (tertiary/aromatic N) is 1. The molecule has 0 aliphatic heterocycles. The third kappa shape index (κ3) is 6.02. The fraction of sp³-hybridized carbons (Fsp3) is 1.00. The van der Waals surface area contributed by atoms with E-state index in [2.05, 4.69) is 31.1 Å². The number of nitrogens with one attached hydrogen (secondary N) is 1. The Bertz CT molecular complexity index is 119. The predicted molar refractivity (Wildman–Crippen MR) is 56.9 cm³/mol. The van der Waals surface area contributed by atoms with Gasteiger partial charge < -0.3 is 15.3 Å². The van der Waals surface area contributed by atoms with Crippen molar-refractivity contribution in [2.75, 3.05) is 33.3 Å². The Kier molecular flexibility index (Phi) is 7.23. The molecule has 0 saturated heterocycles. The van der Waals surface area contributed by atoms with Gasteiger partial charge in [0.25, 0.3) is 0 Å². The Balaban J connectivity index is 3.57. The Morgan fingerprint density at radius 3 is 2.46 bits per heavy atom. The van der Waals surface area contributed by atoms with Crippen molar-refractivity contribution in [3.8, 4) is 0 Å². The summed E-state index contributed by atoms with van der Waals surface area (Å²) in [5, 5.41) is 12.3. The number of hydrogen-bond acceptors (Lipinski definition) is 3. The lowest BCUT2D eigenvalue weighted by Gasteiger charge is -2.26. The molecule has 0 heterocycles. The molecular weight excluding hydrogens is 164 g/mol. The van der Waals surface area contributed by atoms with Gasteiger partial charge in [-0.05, 0) is 33.0 Å². The lowest BCUT2D eigenvalue weighted by atomic mass is 10.1. The van der Waals surface area contributed by atoms with Crippen LogP contribution in [0.2, 0.25) is 0 Å². The minimum Gasteiger partial charge on any atom is -0.395 e. The summed E-state index contributed by atoms with van der Waals surface area (Å²) in [6.45, 7) is 9.75. The number of aliphatic hydroxyl groups is 1. The van der Waals surface area contributed by atoms with Crippen molar-refractivity contribution in [1.82, 2.24) is 10.2 Å². The molecule has 80 valence electrons. The van der Waals surface area contributed by atoms with Crippen LogP contribution >= 0.6 is 0 Å². The molecule has 3 nitrogen and oxygen atoms in total. The second kappa shape index (κ2) is 7.30. The molecule has 0 spiro atoms. The maximum Gasteiger partial charge on any atom is 0.0584 e. The van der Waals surface area contributed by atoms with E-state index in [1.165, 1.54) is 0 Å². The second-order valence-electron chi connectivity index (χ2n) is 3.88. The van der Waals surface area contributed by atoms with Gasteiger partial charge in [-0.3, -0.25) is 0 Å². The minimum absolute atomic E-state index is 0.241. The fourth-order valence-corrected chi connectivity index (χ4v) is 1.27. The fourth-order valence-electron chi connectivity index (χ4n) is 1.27. The monoisotopic (exact) mass is 188 g/mol. The van der Waals surface area contributed by atoms with Crippen LogP contribution in [0, 0.1) is 5.92 Å². The predicted octanol–water partition coefficient (Wildman–Crippen LogP) is 0.545. The van der Waals surface area contributed by atoms with Crippen LogP contribution in [0.4, 0.5) is 0 Å². The van der Waals surface area contributed by atoms with Crippen LogP contribution in [0.5, 0.6) is 0 Å². The molecule has 3 heteroatoms. The Hall–Kier alpha value is -0.120. The first kappa shape index (κ1) is 12.9. The minimum atomic E-state index is 0.241. The van der Waals surface area contributed by atoms with E-state index < -0.39 is 0 Å². The van der Waals surface area contributed by atoms with Crippen LogP contribution in [0.25, 0.3) is 0 Å². The van der Waals surface area contributed by atoms with E-state index in [9.17, 15) is 0 Å². The van der Waals surface area contributed by atoms with Crippen molar-refractivity contribution in [3.63, 3.8) is 0 Å². The highest BCUT2D eigenvalue weighted by atomic mass is 16.3. The van der Waals surface area contributed by atoms with Gasteiger partial charge in [0.1, 0.15) is 0 Å². The molecule has 13 heavy (non-hydrogen) atoms. The van der Waals surface area contributed by atoms with Crippen LogP contribution in [0.1, 0.15) is 20.8 Å². The van der Waals surface area contributed by atoms with Gasteiger partial charge >= 0.3 is 0 Å². The average molecular weight is 188 g/mol. The van der Waals surface area contributed by atoms with Gasteiger partial charge in [-0.2, -0.15) is 0 Å². The van der Waals surface area contributed by atoms with Crippen LogP contribution in [-0.4, -0.2) is 49.3 Å².